The van der Waals surface area contributed by atoms with Gasteiger partial charge < -0.3 is 4.57 Å². The van der Waals surface area contributed by atoms with Gasteiger partial charge in [0.05, 0.1) is 43.5 Å². The van der Waals surface area contributed by atoms with E-state index in [4.69, 9.17) is 34.8 Å². The minimum absolute atomic E-state index is 0. The molecule has 0 saturated heterocycles. The molecule has 24 heavy (non-hydrogen) atoms. The molecule has 0 aliphatic heterocycles. The Labute approximate surface area is 164 Å². The second kappa shape index (κ2) is 8.74. The molecule has 0 aliphatic rings. The van der Waals surface area contributed by atoms with Gasteiger partial charge in [0.1, 0.15) is 0 Å². The lowest BCUT2D eigenvalue weighted by Gasteiger charge is -2.09. The summed E-state index contributed by atoms with van der Waals surface area (Å²) < 4.78 is 2.62. The summed E-state index contributed by atoms with van der Waals surface area (Å²) in [5.41, 5.74) is 4.33. The molecule has 0 spiro atoms. The smallest absolute Gasteiger partial charge is 0.0976 e. The van der Waals surface area contributed by atoms with E-state index in [0.29, 0.717) is 26.6 Å². The fraction of sp³-hybridized carbons (Fsp3) is 0.0667. The first kappa shape index (κ1) is 19.1. The van der Waals surface area contributed by atoms with Gasteiger partial charge in [-0.25, -0.2) is 4.98 Å². The molecule has 3 rings (SSSR count). The maximum Gasteiger partial charge on any atom is 0.0976 e. The van der Waals surface area contributed by atoms with Gasteiger partial charge in [0.25, 0.3) is 0 Å². The molecule has 4 nitrogen and oxygen atoms in total. The Morgan fingerprint density at radius 1 is 1.17 bits per heavy atom. The van der Waals surface area contributed by atoms with Crippen LogP contribution < -0.4 is 5.43 Å². The van der Waals surface area contributed by atoms with E-state index in [9.17, 15) is 0 Å². The second-order valence-corrected chi connectivity index (χ2v) is 7.14. The number of para-hydroxylation sites is 1. The average Bonchev–Trinajstić information content (AvgIpc) is 3.17. The van der Waals surface area contributed by atoms with Crippen LogP contribution in [0.4, 0.5) is 5.69 Å². The Hall–Kier alpha value is -1.24. The van der Waals surface area contributed by atoms with E-state index in [1.165, 1.54) is 11.3 Å². The van der Waals surface area contributed by atoms with Crippen LogP contribution in [0, 0.1) is 0 Å². The van der Waals surface area contributed by atoms with E-state index >= 15 is 0 Å². The van der Waals surface area contributed by atoms with Gasteiger partial charge in [0.2, 0.25) is 0 Å². The largest absolute Gasteiger partial charge is 0.331 e. The molecule has 0 unspecified atom stereocenters. The standard InChI is InChI=1S/C15H11Cl3N4S.ClH/c16-10-2-1-3-11(17)15(10)21-20-12(8-22-7-6-19-9-22)13-4-5-14(18)23-13;/h1-7,9,21H,8H2;1H/b20-12-;. The molecule has 1 aromatic carbocycles. The molecule has 126 valence electrons. The van der Waals surface area contributed by atoms with E-state index in [1.54, 1.807) is 30.7 Å². The van der Waals surface area contributed by atoms with Crippen LogP contribution in [0.3, 0.4) is 0 Å². The van der Waals surface area contributed by atoms with Crippen LogP contribution in [0.2, 0.25) is 14.4 Å². The highest BCUT2D eigenvalue weighted by molar-refractivity contribution is 7.18. The third kappa shape index (κ3) is 4.65. The molecule has 2 aromatic heterocycles. The molecule has 0 amide bonds. The normalized spacial score (nSPS) is 11.2. The fourth-order valence-electron chi connectivity index (χ4n) is 1.92. The summed E-state index contributed by atoms with van der Waals surface area (Å²) in [4.78, 5) is 5.00. The molecule has 0 radical (unpaired) electrons. The second-order valence-electron chi connectivity index (χ2n) is 4.61. The molecular weight excluding hydrogens is 410 g/mol. The molecule has 2 heterocycles. The number of aromatic nitrogens is 2. The lowest BCUT2D eigenvalue weighted by molar-refractivity contribution is 0.849. The molecule has 0 atom stereocenters. The molecule has 1 N–H and O–H groups in total. The molecule has 0 aliphatic carbocycles. The van der Waals surface area contributed by atoms with E-state index in [1.807, 2.05) is 22.9 Å². The number of thiophene rings is 1. The summed E-state index contributed by atoms with van der Waals surface area (Å²) in [5.74, 6) is 0. The summed E-state index contributed by atoms with van der Waals surface area (Å²) in [5, 5.41) is 5.49. The van der Waals surface area contributed by atoms with E-state index in [-0.39, 0.29) is 12.4 Å². The highest BCUT2D eigenvalue weighted by atomic mass is 35.5. The van der Waals surface area contributed by atoms with Gasteiger partial charge in [0, 0.05) is 12.4 Å². The van der Waals surface area contributed by atoms with Crippen molar-refractivity contribution in [3.63, 3.8) is 0 Å². The third-order valence-corrected chi connectivity index (χ3v) is 4.92. The Balaban J connectivity index is 0.00000208. The van der Waals surface area contributed by atoms with Crippen molar-refractivity contribution in [2.24, 2.45) is 5.10 Å². The number of anilines is 1. The Morgan fingerprint density at radius 2 is 1.92 bits per heavy atom. The predicted octanol–water partition coefficient (Wildman–Crippen LogP) is 5.84. The van der Waals surface area contributed by atoms with Crippen molar-refractivity contribution in [1.29, 1.82) is 0 Å². The highest BCUT2D eigenvalue weighted by Crippen LogP contribution is 2.30. The summed E-state index contributed by atoms with van der Waals surface area (Å²) in [6.07, 6.45) is 5.32. The number of nitrogens with one attached hydrogen (secondary N) is 1. The van der Waals surface area contributed by atoms with Gasteiger partial charge in [-0.05, 0) is 24.3 Å². The van der Waals surface area contributed by atoms with E-state index < -0.39 is 0 Å². The van der Waals surface area contributed by atoms with Crippen LogP contribution in [0.15, 0.2) is 54.2 Å². The van der Waals surface area contributed by atoms with Gasteiger partial charge in [-0.2, -0.15) is 5.10 Å². The van der Waals surface area contributed by atoms with Crippen LogP contribution in [0.1, 0.15) is 4.88 Å². The average molecular weight is 422 g/mol. The van der Waals surface area contributed by atoms with Crippen molar-refractivity contribution in [2.75, 3.05) is 5.43 Å². The zero-order valence-corrected chi connectivity index (χ0v) is 16.0. The maximum absolute atomic E-state index is 6.16. The molecule has 0 bridgehead atoms. The van der Waals surface area contributed by atoms with Crippen LogP contribution in [-0.4, -0.2) is 15.3 Å². The predicted molar refractivity (Wildman–Crippen MR) is 105 cm³/mol. The van der Waals surface area contributed by atoms with Crippen LogP contribution in [0.5, 0.6) is 0 Å². The number of hydrogen-bond acceptors (Lipinski definition) is 4. The van der Waals surface area contributed by atoms with Crippen molar-refractivity contribution in [2.45, 2.75) is 6.54 Å². The quantitative estimate of drug-likeness (QED) is 0.415. The topological polar surface area (TPSA) is 42.2 Å². The lowest BCUT2D eigenvalue weighted by atomic mass is 10.3. The monoisotopic (exact) mass is 420 g/mol. The van der Waals surface area contributed by atoms with Crippen molar-refractivity contribution >= 4 is 69.9 Å². The van der Waals surface area contributed by atoms with E-state index in [2.05, 4.69) is 15.5 Å². The first-order valence-electron chi connectivity index (χ1n) is 6.61. The van der Waals surface area contributed by atoms with Gasteiger partial charge in [0.15, 0.2) is 0 Å². The first-order valence-corrected chi connectivity index (χ1v) is 8.56. The summed E-state index contributed by atoms with van der Waals surface area (Å²) in [6.45, 7) is 0.548. The number of imidazole rings is 1. The molecular formula is C15H12Cl4N4S. The minimum Gasteiger partial charge on any atom is -0.331 e. The van der Waals surface area contributed by atoms with Gasteiger partial charge in [-0.1, -0.05) is 40.9 Å². The Morgan fingerprint density at radius 3 is 2.50 bits per heavy atom. The Bertz CT molecular complexity index is 810. The van der Waals surface area contributed by atoms with Crippen molar-refractivity contribution in [3.8, 4) is 0 Å². The van der Waals surface area contributed by atoms with Crippen LogP contribution in [0.25, 0.3) is 0 Å². The van der Waals surface area contributed by atoms with Crippen molar-refractivity contribution < 1.29 is 0 Å². The minimum atomic E-state index is 0. The van der Waals surface area contributed by atoms with Gasteiger partial charge >= 0.3 is 0 Å². The van der Waals surface area contributed by atoms with Gasteiger partial charge in [-0.15, -0.1) is 23.7 Å². The van der Waals surface area contributed by atoms with E-state index in [0.717, 1.165) is 10.6 Å². The van der Waals surface area contributed by atoms with Crippen molar-refractivity contribution in [3.05, 3.63) is 68.3 Å². The number of hydrogen-bond donors (Lipinski definition) is 1. The van der Waals surface area contributed by atoms with Crippen LogP contribution >= 0.6 is 58.5 Å². The zero-order valence-electron chi connectivity index (χ0n) is 12.1. The van der Waals surface area contributed by atoms with Crippen molar-refractivity contribution in [1.82, 2.24) is 9.55 Å². The number of rotatable bonds is 5. The number of halogens is 4. The van der Waals surface area contributed by atoms with Crippen LogP contribution in [-0.2, 0) is 6.54 Å². The third-order valence-electron chi connectivity index (χ3n) is 3.01. The summed E-state index contributed by atoms with van der Waals surface area (Å²) >= 11 is 19.8. The maximum atomic E-state index is 6.16. The van der Waals surface area contributed by atoms with Gasteiger partial charge in [-0.3, -0.25) is 5.43 Å². The number of hydrazone groups is 1. The highest BCUT2D eigenvalue weighted by Gasteiger charge is 2.10. The molecule has 0 fully saturated rings. The summed E-state index contributed by atoms with van der Waals surface area (Å²) in [7, 11) is 0. The fourth-order valence-corrected chi connectivity index (χ4v) is 3.42. The summed E-state index contributed by atoms with van der Waals surface area (Å²) in [6, 6.07) is 9.06. The zero-order chi connectivity index (χ0) is 16.2. The number of nitrogens with zero attached hydrogens (tertiary/aromatic N) is 3. The molecule has 9 heteroatoms. The Kier molecular flexibility index (Phi) is 6.95. The number of benzene rings is 1. The molecule has 0 saturated carbocycles. The lowest BCUT2D eigenvalue weighted by Crippen LogP contribution is -2.11. The molecule has 3 aromatic rings. The first-order chi connectivity index (χ1) is 11.1. The SMILES string of the molecule is Cl.Clc1ccc(/C(Cn2ccnc2)=N\Nc2c(Cl)cccc2Cl)s1.